The summed E-state index contributed by atoms with van der Waals surface area (Å²) in [5.74, 6) is 0.230. The largest absolute Gasteiger partial charge is 0.326 e. The zero-order valence-electron chi connectivity index (χ0n) is 18.0. The SMILES string of the molecule is Cc1nn([C@H]2CCS(=O)(=O)C2)c(C)c1CN(C)CN1C(=O)NC2(CCCCC2)C1=O. The Morgan fingerprint density at radius 3 is 2.53 bits per heavy atom. The third-order valence-electron chi connectivity index (χ3n) is 6.79. The number of imide groups is 1. The predicted octanol–water partition coefficient (Wildman–Crippen LogP) is 1.50. The summed E-state index contributed by atoms with van der Waals surface area (Å²) in [6, 6.07) is -0.432. The molecule has 1 aliphatic carbocycles. The molecule has 0 aromatic carbocycles. The van der Waals surface area contributed by atoms with E-state index in [0.717, 1.165) is 36.2 Å². The number of urea groups is 1. The van der Waals surface area contributed by atoms with Crippen LogP contribution in [0.4, 0.5) is 4.79 Å². The van der Waals surface area contributed by atoms with Crippen molar-refractivity contribution >= 4 is 21.8 Å². The van der Waals surface area contributed by atoms with E-state index in [1.54, 1.807) is 0 Å². The number of rotatable bonds is 5. The van der Waals surface area contributed by atoms with Crippen LogP contribution >= 0.6 is 0 Å². The number of hydrogen-bond acceptors (Lipinski definition) is 6. The zero-order valence-corrected chi connectivity index (χ0v) is 18.8. The van der Waals surface area contributed by atoms with E-state index in [2.05, 4.69) is 10.4 Å². The predicted molar refractivity (Wildman–Crippen MR) is 112 cm³/mol. The van der Waals surface area contributed by atoms with Crippen molar-refractivity contribution in [2.75, 3.05) is 25.2 Å². The molecule has 1 atom stereocenters. The summed E-state index contributed by atoms with van der Waals surface area (Å²) >= 11 is 0. The van der Waals surface area contributed by atoms with Gasteiger partial charge in [-0.15, -0.1) is 0 Å². The molecule has 3 amide bonds. The van der Waals surface area contributed by atoms with E-state index in [-0.39, 0.29) is 36.2 Å². The molecule has 4 rings (SSSR count). The summed E-state index contributed by atoms with van der Waals surface area (Å²) in [6.07, 6.45) is 5.05. The van der Waals surface area contributed by atoms with Gasteiger partial charge in [-0.3, -0.25) is 14.4 Å². The van der Waals surface area contributed by atoms with Crippen molar-refractivity contribution in [2.45, 2.75) is 70.5 Å². The first-order chi connectivity index (χ1) is 14.1. The quantitative estimate of drug-likeness (QED) is 0.700. The Balaban J connectivity index is 1.45. The molecule has 0 radical (unpaired) electrons. The number of nitrogens with one attached hydrogen (secondary N) is 1. The first-order valence-corrected chi connectivity index (χ1v) is 12.5. The number of carbonyl (C=O) groups excluding carboxylic acids is 2. The first-order valence-electron chi connectivity index (χ1n) is 10.7. The first kappa shape index (κ1) is 21.3. The van der Waals surface area contributed by atoms with Gasteiger partial charge in [-0.1, -0.05) is 19.3 Å². The van der Waals surface area contributed by atoms with Crippen molar-refractivity contribution in [1.82, 2.24) is 24.9 Å². The second kappa shape index (κ2) is 7.64. The Kier molecular flexibility index (Phi) is 5.42. The monoisotopic (exact) mass is 437 g/mol. The maximum absolute atomic E-state index is 13.0. The molecule has 0 unspecified atom stereocenters. The molecule has 3 heterocycles. The van der Waals surface area contributed by atoms with Crippen LogP contribution in [0.1, 0.15) is 61.5 Å². The number of aromatic nitrogens is 2. The Morgan fingerprint density at radius 1 is 1.20 bits per heavy atom. The molecule has 1 N–H and O–H groups in total. The van der Waals surface area contributed by atoms with Gasteiger partial charge in [0.2, 0.25) is 0 Å². The number of aryl methyl sites for hydroxylation is 1. The average Bonchev–Trinajstić information content (AvgIpc) is 3.26. The van der Waals surface area contributed by atoms with Crippen molar-refractivity contribution in [2.24, 2.45) is 0 Å². The van der Waals surface area contributed by atoms with Gasteiger partial charge in [0, 0.05) is 17.8 Å². The van der Waals surface area contributed by atoms with Crippen LogP contribution in [0, 0.1) is 13.8 Å². The van der Waals surface area contributed by atoms with Gasteiger partial charge >= 0.3 is 6.03 Å². The van der Waals surface area contributed by atoms with E-state index < -0.39 is 15.4 Å². The van der Waals surface area contributed by atoms with Crippen LogP contribution in [0.2, 0.25) is 0 Å². The van der Waals surface area contributed by atoms with Gasteiger partial charge in [-0.2, -0.15) is 5.10 Å². The number of hydrogen-bond donors (Lipinski definition) is 1. The lowest BCUT2D eigenvalue weighted by Crippen LogP contribution is -2.48. The fourth-order valence-corrected chi connectivity index (χ4v) is 6.80. The highest BCUT2D eigenvalue weighted by molar-refractivity contribution is 7.91. The lowest BCUT2D eigenvalue weighted by molar-refractivity contribution is -0.133. The zero-order chi connectivity index (χ0) is 21.7. The molecule has 166 valence electrons. The van der Waals surface area contributed by atoms with Crippen LogP contribution in [0.25, 0.3) is 0 Å². The molecule has 1 aromatic rings. The fraction of sp³-hybridized carbons (Fsp3) is 0.750. The smallest absolute Gasteiger partial charge is 0.323 e. The maximum atomic E-state index is 13.0. The van der Waals surface area contributed by atoms with E-state index >= 15 is 0 Å². The van der Waals surface area contributed by atoms with Crippen molar-refractivity contribution in [1.29, 1.82) is 0 Å². The summed E-state index contributed by atoms with van der Waals surface area (Å²) in [5.41, 5.74) is 2.11. The molecule has 1 spiro atoms. The van der Waals surface area contributed by atoms with Crippen LogP contribution in [-0.4, -0.2) is 70.7 Å². The molecular formula is C20H31N5O4S. The van der Waals surface area contributed by atoms with Gasteiger partial charge < -0.3 is 5.32 Å². The minimum atomic E-state index is -2.99. The summed E-state index contributed by atoms with van der Waals surface area (Å²) in [5, 5.41) is 7.55. The van der Waals surface area contributed by atoms with Crippen LogP contribution in [0.5, 0.6) is 0 Å². The summed E-state index contributed by atoms with van der Waals surface area (Å²) in [7, 11) is -1.11. The third-order valence-corrected chi connectivity index (χ3v) is 8.54. The van der Waals surface area contributed by atoms with Crippen molar-refractivity contribution in [3.05, 3.63) is 17.0 Å². The Bertz CT molecular complexity index is 964. The molecule has 2 saturated heterocycles. The maximum Gasteiger partial charge on any atom is 0.326 e. The van der Waals surface area contributed by atoms with Gasteiger partial charge in [-0.05, 0) is 40.2 Å². The van der Waals surface area contributed by atoms with Gasteiger partial charge in [0.15, 0.2) is 9.84 Å². The van der Waals surface area contributed by atoms with Gasteiger partial charge in [0.05, 0.1) is 29.9 Å². The highest BCUT2D eigenvalue weighted by Gasteiger charge is 2.51. The lowest BCUT2D eigenvalue weighted by atomic mass is 9.82. The molecule has 1 aromatic heterocycles. The molecule has 1 saturated carbocycles. The summed E-state index contributed by atoms with van der Waals surface area (Å²) in [6.45, 7) is 4.62. The highest BCUT2D eigenvalue weighted by Crippen LogP contribution is 2.34. The van der Waals surface area contributed by atoms with Crippen molar-refractivity contribution in [3.63, 3.8) is 0 Å². The second-order valence-electron chi connectivity index (χ2n) is 9.11. The molecule has 9 nitrogen and oxygen atoms in total. The van der Waals surface area contributed by atoms with E-state index in [0.29, 0.717) is 25.8 Å². The van der Waals surface area contributed by atoms with E-state index in [1.165, 1.54) is 4.90 Å². The van der Waals surface area contributed by atoms with Gasteiger partial charge in [-0.25, -0.2) is 18.1 Å². The standard InChI is InChI=1S/C20H31N5O4S/c1-14-17(15(2)25(22-14)16-7-10-30(28,29)12-16)11-23(3)13-24-18(26)20(21-19(24)27)8-5-4-6-9-20/h16H,4-13H2,1-3H3,(H,21,27)/t16-/m0/s1. The number of amides is 3. The van der Waals surface area contributed by atoms with Crippen molar-refractivity contribution in [3.8, 4) is 0 Å². The van der Waals surface area contributed by atoms with E-state index in [1.807, 2.05) is 30.5 Å². The van der Waals surface area contributed by atoms with E-state index in [4.69, 9.17) is 0 Å². The summed E-state index contributed by atoms with van der Waals surface area (Å²) < 4.78 is 25.5. The van der Waals surface area contributed by atoms with E-state index in [9.17, 15) is 18.0 Å². The molecule has 3 aliphatic rings. The third kappa shape index (κ3) is 3.75. The topological polar surface area (TPSA) is 105 Å². The molecular weight excluding hydrogens is 406 g/mol. The van der Waals surface area contributed by atoms with Crippen LogP contribution in [0.15, 0.2) is 0 Å². The minimum Gasteiger partial charge on any atom is -0.323 e. The number of nitrogens with zero attached hydrogens (tertiary/aromatic N) is 4. The minimum absolute atomic E-state index is 0.112. The van der Waals surface area contributed by atoms with Gasteiger partial charge in [0.25, 0.3) is 5.91 Å². The number of carbonyl (C=O) groups is 2. The Labute approximate surface area is 177 Å². The fourth-order valence-electron chi connectivity index (χ4n) is 5.11. The van der Waals surface area contributed by atoms with Crippen molar-refractivity contribution < 1.29 is 18.0 Å². The molecule has 2 aliphatic heterocycles. The van der Waals surface area contributed by atoms with Gasteiger partial charge in [0.1, 0.15) is 5.54 Å². The highest BCUT2D eigenvalue weighted by atomic mass is 32.2. The molecule has 30 heavy (non-hydrogen) atoms. The molecule has 3 fully saturated rings. The Morgan fingerprint density at radius 2 is 1.90 bits per heavy atom. The van der Waals surface area contributed by atoms with Crippen LogP contribution in [0.3, 0.4) is 0 Å². The molecule has 0 bridgehead atoms. The van der Waals surface area contributed by atoms with Crippen LogP contribution < -0.4 is 5.32 Å². The lowest BCUT2D eigenvalue weighted by Gasteiger charge is -2.31. The number of sulfone groups is 1. The normalized spacial score (nSPS) is 25.5. The van der Waals surface area contributed by atoms with Crippen LogP contribution in [-0.2, 0) is 21.2 Å². The average molecular weight is 438 g/mol. The second-order valence-corrected chi connectivity index (χ2v) is 11.3. The molecule has 10 heteroatoms. The Hall–Kier alpha value is -1.94. The summed E-state index contributed by atoms with van der Waals surface area (Å²) in [4.78, 5) is 28.8.